The molecule has 0 heterocycles. The lowest BCUT2D eigenvalue weighted by molar-refractivity contribution is 0.265. The first-order valence-electron chi connectivity index (χ1n) is 7.59. The summed E-state index contributed by atoms with van der Waals surface area (Å²) in [6.45, 7) is 1.69. The Balaban J connectivity index is 1.65. The van der Waals surface area contributed by atoms with Crippen molar-refractivity contribution >= 4 is 49.9 Å². The van der Waals surface area contributed by atoms with Crippen LogP contribution in [0.5, 0.6) is 5.75 Å². The van der Waals surface area contributed by atoms with Crippen molar-refractivity contribution in [2.45, 2.75) is 17.9 Å². The van der Waals surface area contributed by atoms with E-state index in [0.29, 0.717) is 19.8 Å². The van der Waals surface area contributed by atoms with E-state index in [1.807, 2.05) is 42.5 Å². The van der Waals surface area contributed by atoms with Crippen molar-refractivity contribution in [3.8, 4) is 5.75 Å². The molecule has 0 aliphatic rings. The van der Waals surface area contributed by atoms with Crippen LogP contribution in [0.4, 0.5) is 0 Å². The van der Waals surface area contributed by atoms with Gasteiger partial charge in [0.05, 0.1) is 17.7 Å². The minimum absolute atomic E-state index is 0.0440. The normalized spacial score (nSPS) is 10.5. The van der Waals surface area contributed by atoms with Gasteiger partial charge in [-0.1, -0.05) is 22.0 Å². The molecule has 0 saturated heterocycles. The molecule has 25 heavy (non-hydrogen) atoms. The summed E-state index contributed by atoms with van der Waals surface area (Å²) in [6, 6.07) is 13.8. The van der Waals surface area contributed by atoms with Gasteiger partial charge in [-0.3, -0.25) is 5.41 Å². The lowest BCUT2D eigenvalue weighted by Gasteiger charge is -2.10. The van der Waals surface area contributed by atoms with Crippen LogP contribution in [-0.2, 0) is 10.7 Å². The molecule has 0 bridgehead atoms. The van der Waals surface area contributed by atoms with Gasteiger partial charge in [0.15, 0.2) is 5.96 Å². The van der Waals surface area contributed by atoms with Gasteiger partial charge in [-0.2, -0.15) is 0 Å². The fraction of sp³-hybridized carbons (Fsp3) is 0.235. The van der Waals surface area contributed by atoms with Gasteiger partial charge in [0.25, 0.3) is 0 Å². The Hall–Kier alpha value is -1.22. The fourth-order valence-corrected chi connectivity index (χ4v) is 3.26. The number of nitrogens with two attached hydrogens (primary N) is 1. The van der Waals surface area contributed by atoms with Gasteiger partial charge in [0.2, 0.25) is 0 Å². The smallest absolute Gasteiger partial charge is 0.185 e. The van der Waals surface area contributed by atoms with Gasteiger partial charge >= 0.3 is 0 Å². The second-order valence-corrected chi connectivity index (χ2v) is 7.74. The Morgan fingerprint density at radius 1 is 1.12 bits per heavy atom. The van der Waals surface area contributed by atoms with Crippen LogP contribution in [-0.4, -0.2) is 19.2 Å². The highest BCUT2D eigenvalue weighted by Gasteiger charge is 2.03. The molecule has 0 radical (unpaired) electrons. The molecule has 5 nitrogen and oxygen atoms in total. The number of halogens is 2. The van der Waals surface area contributed by atoms with Crippen LogP contribution in [0.15, 0.2) is 56.3 Å². The molecule has 134 valence electrons. The molecule has 2 aromatic carbocycles. The summed E-state index contributed by atoms with van der Waals surface area (Å²) in [4.78, 5) is 1.07. The second kappa shape index (κ2) is 10.7. The zero-order valence-corrected chi connectivity index (χ0v) is 17.4. The average Bonchev–Trinajstić information content (AvgIpc) is 2.59. The summed E-state index contributed by atoms with van der Waals surface area (Å²) in [6.07, 6.45) is 0.795. The third kappa shape index (κ3) is 7.68. The van der Waals surface area contributed by atoms with E-state index in [2.05, 4.69) is 37.2 Å². The molecule has 2 aromatic rings. The van der Waals surface area contributed by atoms with Gasteiger partial charge < -0.3 is 20.0 Å². The molecule has 4 N–H and O–H groups in total. The Kier molecular flexibility index (Phi) is 8.60. The van der Waals surface area contributed by atoms with Crippen molar-refractivity contribution in [3.63, 3.8) is 0 Å². The molecular formula is C17H19Br2N3O2S. The number of hydrogen-bond donors (Lipinski definition) is 3. The lowest BCUT2D eigenvalue weighted by atomic mass is 10.2. The van der Waals surface area contributed by atoms with Crippen molar-refractivity contribution in [2.75, 3.05) is 13.2 Å². The predicted octanol–water partition coefficient (Wildman–Crippen LogP) is 4.69. The van der Waals surface area contributed by atoms with E-state index in [1.165, 1.54) is 12.0 Å². The topological polar surface area (TPSA) is 80.4 Å². The molecule has 0 atom stereocenters. The Bertz CT molecular complexity index is 699. The minimum Gasteiger partial charge on any atom is -0.492 e. The van der Waals surface area contributed by atoms with Gasteiger partial charge in [-0.05, 0) is 57.9 Å². The Labute approximate surface area is 168 Å². The molecule has 0 aliphatic carbocycles. The van der Waals surface area contributed by atoms with E-state index in [9.17, 15) is 0 Å². The number of guanidine groups is 1. The van der Waals surface area contributed by atoms with Crippen LogP contribution in [0, 0.1) is 5.41 Å². The van der Waals surface area contributed by atoms with Crippen LogP contribution in [0.25, 0.3) is 0 Å². The van der Waals surface area contributed by atoms with Gasteiger partial charge in [0.1, 0.15) is 5.75 Å². The zero-order valence-electron chi connectivity index (χ0n) is 13.4. The van der Waals surface area contributed by atoms with Crippen LogP contribution in [0.2, 0.25) is 0 Å². The maximum Gasteiger partial charge on any atom is 0.185 e. The highest BCUT2D eigenvalue weighted by Crippen LogP contribution is 2.26. The zero-order chi connectivity index (χ0) is 18.1. The molecule has 0 amide bonds. The molecule has 8 heteroatoms. The van der Waals surface area contributed by atoms with Gasteiger partial charge in [-0.15, -0.1) is 0 Å². The van der Waals surface area contributed by atoms with Crippen LogP contribution >= 0.6 is 43.9 Å². The standard InChI is InChI=1S/C17H19Br2N3O2S/c18-13-3-5-14(6-4-13)25-24-9-1-8-23-16-7-2-12(10-15(16)19)11-22-17(20)21/h2-7,10H,1,8-9,11H2,(H4,20,21,22). The van der Waals surface area contributed by atoms with Crippen molar-refractivity contribution < 1.29 is 8.92 Å². The number of hydrogen-bond acceptors (Lipinski definition) is 4. The first kappa shape index (κ1) is 20.1. The van der Waals surface area contributed by atoms with Crippen LogP contribution in [0.1, 0.15) is 12.0 Å². The maximum absolute atomic E-state index is 7.16. The van der Waals surface area contributed by atoms with E-state index in [4.69, 9.17) is 20.1 Å². The largest absolute Gasteiger partial charge is 0.492 e. The fourth-order valence-electron chi connectivity index (χ4n) is 1.87. The summed E-state index contributed by atoms with van der Waals surface area (Å²) in [5.74, 6) is 0.740. The van der Waals surface area contributed by atoms with Crippen LogP contribution < -0.4 is 15.8 Å². The van der Waals surface area contributed by atoms with Gasteiger partial charge in [0, 0.05) is 34.4 Å². The quantitative estimate of drug-likeness (QED) is 0.206. The molecule has 2 rings (SSSR count). The van der Waals surface area contributed by atoms with E-state index in [0.717, 1.165) is 31.6 Å². The van der Waals surface area contributed by atoms with E-state index < -0.39 is 0 Å². The van der Waals surface area contributed by atoms with E-state index >= 15 is 0 Å². The molecule has 0 aliphatic heterocycles. The monoisotopic (exact) mass is 487 g/mol. The maximum atomic E-state index is 7.16. The second-order valence-electron chi connectivity index (χ2n) is 5.09. The van der Waals surface area contributed by atoms with Crippen molar-refractivity contribution in [2.24, 2.45) is 5.73 Å². The molecule has 0 unspecified atom stereocenters. The van der Waals surface area contributed by atoms with E-state index in [1.54, 1.807) is 0 Å². The molecular weight excluding hydrogens is 470 g/mol. The lowest BCUT2D eigenvalue weighted by Crippen LogP contribution is -2.29. The molecule has 0 fully saturated rings. The van der Waals surface area contributed by atoms with Crippen molar-refractivity contribution in [3.05, 3.63) is 57.0 Å². The SMILES string of the molecule is N=C(N)NCc1ccc(OCCCOSc2ccc(Br)cc2)c(Br)c1. The summed E-state index contributed by atoms with van der Waals surface area (Å²) >= 11 is 8.27. The number of benzene rings is 2. The Morgan fingerprint density at radius 2 is 1.88 bits per heavy atom. The summed E-state index contributed by atoms with van der Waals surface area (Å²) in [7, 11) is 0. The average molecular weight is 489 g/mol. The third-order valence-corrected chi connectivity index (χ3v) is 4.98. The summed E-state index contributed by atoms with van der Waals surface area (Å²) < 4.78 is 13.3. The first-order chi connectivity index (χ1) is 12.0. The van der Waals surface area contributed by atoms with Crippen molar-refractivity contribution in [1.82, 2.24) is 5.32 Å². The number of nitrogens with one attached hydrogen (secondary N) is 2. The third-order valence-electron chi connectivity index (χ3n) is 3.08. The minimum atomic E-state index is -0.0440. The number of ether oxygens (including phenoxy) is 1. The molecule has 0 saturated carbocycles. The Morgan fingerprint density at radius 3 is 2.56 bits per heavy atom. The highest BCUT2D eigenvalue weighted by atomic mass is 79.9. The van der Waals surface area contributed by atoms with E-state index in [-0.39, 0.29) is 5.96 Å². The molecule has 0 aromatic heterocycles. The number of rotatable bonds is 9. The summed E-state index contributed by atoms with van der Waals surface area (Å²) in [5.41, 5.74) is 6.29. The highest BCUT2D eigenvalue weighted by molar-refractivity contribution is 9.10. The molecule has 0 spiro atoms. The first-order valence-corrected chi connectivity index (χ1v) is 9.91. The summed E-state index contributed by atoms with van der Waals surface area (Å²) in [5, 5.41) is 9.93. The predicted molar refractivity (Wildman–Crippen MR) is 109 cm³/mol. The van der Waals surface area contributed by atoms with Gasteiger partial charge in [-0.25, -0.2) is 0 Å². The van der Waals surface area contributed by atoms with Crippen molar-refractivity contribution in [1.29, 1.82) is 5.41 Å². The van der Waals surface area contributed by atoms with Crippen LogP contribution in [0.3, 0.4) is 0 Å².